The van der Waals surface area contributed by atoms with Gasteiger partial charge in [0.2, 0.25) is 11.8 Å². The lowest BCUT2D eigenvalue weighted by atomic mass is 9.68. The number of phenolic OH excluding ortho intramolecular Hbond substituents is 2. The number of hydrogen-bond acceptors (Lipinski definition) is 5. The van der Waals surface area contributed by atoms with Crippen LogP contribution >= 0.6 is 0 Å². The molecule has 2 amide bonds. The Morgan fingerprint density at radius 2 is 1.84 bits per heavy atom. The number of nitrogens with zero attached hydrogens (tertiary/aromatic N) is 2. The molecule has 0 bridgehead atoms. The normalized spacial score (nSPS) is 25.0. The van der Waals surface area contributed by atoms with Crippen molar-refractivity contribution in [2.75, 3.05) is 19.6 Å². The topological polar surface area (TPSA) is 93.1 Å². The molecule has 2 aromatic rings. The number of fused-ring (bicyclic) bond motifs is 1. The highest BCUT2D eigenvalue weighted by molar-refractivity contribution is 5.88. The molecule has 0 saturated carbocycles. The molecule has 3 N–H and O–H groups in total. The van der Waals surface area contributed by atoms with E-state index in [9.17, 15) is 19.8 Å². The third-order valence-electron chi connectivity index (χ3n) is 8.69. The fourth-order valence-corrected chi connectivity index (χ4v) is 5.89. The van der Waals surface area contributed by atoms with E-state index in [1.807, 2.05) is 18.2 Å². The average Bonchev–Trinajstić information content (AvgIpc) is 2.84. The van der Waals surface area contributed by atoms with E-state index in [1.54, 1.807) is 23.1 Å². The van der Waals surface area contributed by atoms with Gasteiger partial charge in [0.15, 0.2) is 0 Å². The maximum atomic E-state index is 13.5. The van der Waals surface area contributed by atoms with Crippen LogP contribution < -0.4 is 5.32 Å². The number of benzene rings is 2. The maximum Gasteiger partial charge on any atom is 0.243 e. The van der Waals surface area contributed by atoms with Crippen molar-refractivity contribution in [3.63, 3.8) is 0 Å². The molecular formula is C30H41N3O4. The van der Waals surface area contributed by atoms with Gasteiger partial charge in [0, 0.05) is 39.0 Å². The Balaban J connectivity index is 1.43. The predicted octanol–water partition coefficient (Wildman–Crippen LogP) is 3.81. The lowest BCUT2D eigenvalue weighted by molar-refractivity contribution is -0.140. The van der Waals surface area contributed by atoms with Gasteiger partial charge < -0.3 is 25.3 Å². The molecule has 1 saturated heterocycles. The molecule has 200 valence electrons. The second kappa shape index (κ2) is 10.7. The van der Waals surface area contributed by atoms with Crippen LogP contribution in [0.3, 0.4) is 0 Å². The van der Waals surface area contributed by atoms with Gasteiger partial charge in [-0.05, 0) is 71.2 Å². The van der Waals surface area contributed by atoms with Crippen LogP contribution in [0.1, 0.15) is 57.7 Å². The second-order valence-corrected chi connectivity index (χ2v) is 11.6. The van der Waals surface area contributed by atoms with Crippen molar-refractivity contribution in [2.24, 2.45) is 11.8 Å². The highest BCUT2D eigenvalue weighted by atomic mass is 16.3. The van der Waals surface area contributed by atoms with Crippen molar-refractivity contribution in [1.82, 2.24) is 15.1 Å². The summed E-state index contributed by atoms with van der Waals surface area (Å²) in [5.74, 6) is 0.815. The van der Waals surface area contributed by atoms with Crippen LogP contribution in [0.15, 0.2) is 42.5 Å². The van der Waals surface area contributed by atoms with Gasteiger partial charge in [-0.15, -0.1) is 0 Å². The van der Waals surface area contributed by atoms with Crippen molar-refractivity contribution in [1.29, 1.82) is 0 Å². The fraction of sp³-hybridized carbons (Fsp3) is 0.533. The Bertz CT molecular complexity index is 1150. The van der Waals surface area contributed by atoms with E-state index < -0.39 is 6.04 Å². The molecule has 4 atom stereocenters. The molecule has 1 fully saturated rings. The third kappa shape index (κ3) is 5.77. The number of amides is 2. The van der Waals surface area contributed by atoms with Gasteiger partial charge in [-0.3, -0.25) is 9.59 Å². The SMILES string of the molecule is CC(=O)N1Cc2cc(O)ccc2C[C@@H]1C(=O)N[C@H](CN1CC[C@@](C)(c2cccc(O)c2)[C@@H](C)C1)C(C)C. The molecule has 2 aliphatic rings. The molecule has 2 heterocycles. The molecule has 2 aliphatic heterocycles. The van der Waals surface area contributed by atoms with Gasteiger partial charge in [-0.2, -0.15) is 0 Å². The van der Waals surface area contributed by atoms with Crippen LogP contribution in [0.25, 0.3) is 0 Å². The first-order chi connectivity index (χ1) is 17.5. The zero-order valence-electron chi connectivity index (χ0n) is 22.7. The largest absolute Gasteiger partial charge is 0.508 e. The van der Waals surface area contributed by atoms with E-state index in [-0.39, 0.29) is 34.9 Å². The van der Waals surface area contributed by atoms with Crippen LogP contribution in [0.4, 0.5) is 0 Å². The van der Waals surface area contributed by atoms with Crippen LogP contribution in [-0.4, -0.2) is 63.5 Å². The Morgan fingerprint density at radius 3 is 2.49 bits per heavy atom. The summed E-state index contributed by atoms with van der Waals surface area (Å²) in [7, 11) is 0. The zero-order valence-corrected chi connectivity index (χ0v) is 22.7. The number of carbonyl (C=O) groups excluding carboxylic acids is 2. The summed E-state index contributed by atoms with van der Waals surface area (Å²) in [5.41, 5.74) is 3.03. The molecular weight excluding hydrogens is 466 g/mol. The van der Waals surface area contributed by atoms with E-state index >= 15 is 0 Å². The number of rotatable bonds is 6. The van der Waals surface area contributed by atoms with Gasteiger partial charge in [-0.1, -0.05) is 45.9 Å². The van der Waals surface area contributed by atoms with E-state index in [1.165, 1.54) is 12.5 Å². The number of hydrogen-bond donors (Lipinski definition) is 3. The lowest BCUT2D eigenvalue weighted by Crippen LogP contribution is -2.57. The van der Waals surface area contributed by atoms with Gasteiger partial charge >= 0.3 is 0 Å². The second-order valence-electron chi connectivity index (χ2n) is 11.6. The molecule has 0 unspecified atom stereocenters. The first kappa shape index (κ1) is 27.0. The summed E-state index contributed by atoms with van der Waals surface area (Å²) in [6, 6.07) is 12.2. The van der Waals surface area contributed by atoms with Crippen LogP contribution in [0.5, 0.6) is 11.5 Å². The number of carbonyl (C=O) groups is 2. The quantitative estimate of drug-likeness (QED) is 0.553. The lowest BCUT2D eigenvalue weighted by Gasteiger charge is -2.46. The Hall–Kier alpha value is -3.06. The number of piperidine rings is 1. The van der Waals surface area contributed by atoms with E-state index in [0.29, 0.717) is 24.6 Å². The summed E-state index contributed by atoms with van der Waals surface area (Å²) in [6.07, 6.45) is 1.41. The molecule has 2 aromatic carbocycles. The smallest absolute Gasteiger partial charge is 0.243 e. The third-order valence-corrected chi connectivity index (χ3v) is 8.69. The van der Waals surface area contributed by atoms with Gasteiger partial charge in [0.25, 0.3) is 0 Å². The summed E-state index contributed by atoms with van der Waals surface area (Å²) >= 11 is 0. The predicted molar refractivity (Wildman–Crippen MR) is 144 cm³/mol. The summed E-state index contributed by atoms with van der Waals surface area (Å²) in [5, 5.41) is 23.1. The summed E-state index contributed by atoms with van der Waals surface area (Å²) in [4.78, 5) is 30.0. The minimum absolute atomic E-state index is 0.0161. The molecule has 37 heavy (non-hydrogen) atoms. The van der Waals surface area contributed by atoms with Gasteiger partial charge in [0.05, 0.1) is 0 Å². The van der Waals surface area contributed by atoms with Crippen molar-refractivity contribution >= 4 is 11.8 Å². The van der Waals surface area contributed by atoms with Crippen molar-refractivity contribution < 1.29 is 19.8 Å². The molecule has 0 aromatic heterocycles. The maximum absolute atomic E-state index is 13.5. The Labute approximate surface area is 220 Å². The molecule has 4 rings (SSSR count). The highest BCUT2D eigenvalue weighted by Gasteiger charge is 2.39. The molecule has 0 aliphatic carbocycles. The monoisotopic (exact) mass is 507 g/mol. The molecule has 7 heteroatoms. The number of phenols is 2. The minimum atomic E-state index is -0.565. The molecule has 0 spiro atoms. The number of nitrogens with one attached hydrogen (secondary N) is 1. The standard InChI is InChI=1S/C30H41N3O4/c1-19(2)27(18-32-12-11-30(5,20(3)16-32)24-7-6-8-25(35)15-24)31-29(37)28-14-22-9-10-26(36)13-23(22)17-33(28)21(4)34/h6-10,13,15,19-20,27-28,35-36H,11-12,14,16-18H2,1-5H3,(H,31,37)/t20-,27+,28+,30+/m0/s1. The van der Waals surface area contributed by atoms with Gasteiger partial charge in [0.1, 0.15) is 17.5 Å². The van der Waals surface area contributed by atoms with Crippen molar-refractivity contribution in [3.8, 4) is 11.5 Å². The van der Waals surface area contributed by atoms with Crippen molar-refractivity contribution in [3.05, 3.63) is 59.2 Å². The average molecular weight is 508 g/mol. The first-order valence-corrected chi connectivity index (χ1v) is 13.4. The first-order valence-electron chi connectivity index (χ1n) is 13.4. The fourth-order valence-electron chi connectivity index (χ4n) is 5.89. The Morgan fingerprint density at radius 1 is 1.11 bits per heavy atom. The summed E-state index contributed by atoms with van der Waals surface area (Å²) < 4.78 is 0. The van der Waals surface area contributed by atoms with E-state index in [0.717, 1.165) is 37.2 Å². The van der Waals surface area contributed by atoms with Crippen LogP contribution in [0.2, 0.25) is 0 Å². The molecule has 0 radical (unpaired) electrons. The van der Waals surface area contributed by atoms with Crippen LogP contribution in [0, 0.1) is 11.8 Å². The Kier molecular flexibility index (Phi) is 7.83. The summed E-state index contributed by atoms with van der Waals surface area (Å²) in [6.45, 7) is 13.2. The van der Waals surface area contributed by atoms with Crippen molar-refractivity contribution in [2.45, 2.75) is 71.5 Å². The highest BCUT2D eigenvalue weighted by Crippen LogP contribution is 2.40. The number of aromatic hydroxyl groups is 2. The van der Waals surface area contributed by atoms with E-state index in [4.69, 9.17) is 0 Å². The van der Waals surface area contributed by atoms with Gasteiger partial charge in [-0.25, -0.2) is 0 Å². The van der Waals surface area contributed by atoms with E-state index in [2.05, 4.69) is 44.0 Å². The molecule has 7 nitrogen and oxygen atoms in total. The van der Waals surface area contributed by atoms with Crippen LogP contribution in [-0.2, 0) is 28.0 Å². The number of likely N-dealkylation sites (tertiary alicyclic amines) is 1. The zero-order chi connectivity index (χ0) is 26.9. The minimum Gasteiger partial charge on any atom is -0.508 e.